The van der Waals surface area contributed by atoms with Gasteiger partial charge in [-0.25, -0.2) is 0 Å². The molecule has 10 nitrogen and oxygen atoms in total. The van der Waals surface area contributed by atoms with Crippen molar-refractivity contribution in [1.29, 1.82) is 0 Å². The first-order valence-corrected chi connectivity index (χ1v) is 15.5. The maximum atomic E-state index is 12.8. The summed E-state index contributed by atoms with van der Waals surface area (Å²) in [6.07, 6.45) is 2.79. The number of ether oxygens (including phenoxy) is 3. The van der Waals surface area contributed by atoms with Crippen LogP contribution >= 0.6 is 0 Å². The van der Waals surface area contributed by atoms with Crippen LogP contribution in [-0.4, -0.2) is 75.3 Å². The van der Waals surface area contributed by atoms with Gasteiger partial charge in [-0.2, -0.15) is 0 Å². The molecule has 5 rings (SSSR count). The Kier molecular flexibility index (Phi) is 12.0. The van der Waals surface area contributed by atoms with Crippen molar-refractivity contribution < 1.29 is 28.6 Å². The van der Waals surface area contributed by atoms with Gasteiger partial charge in [0.2, 0.25) is 5.91 Å². The SMILES string of the molecule is NCCOCCOCC(=O)NC(COc1ccc(-c2ccc3nccc(C(=O)NCC=O)c3c2)cc1)Cc1ccc2ccccc2c1. The molecule has 0 saturated carbocycles. The van der Waals surface area contributed by atoms with Gasteiger partial charge < -0.3 is 35.4 Å². The van der Waals surface area contributed by atoms with Gasteiger partial charge in [0.05, 0.1) is 43.5 Å². The number of nitrogens with zero attached hydrogens (tertiary/aromatic N) is 1. The molecule has 0 aliphatic carbocycles. The maximum Gasteiger partial charge on any atom is 0.252 e. The number of carbonyl (C=O) groups excluding carboxylic acids is 3. The van der Waals surface area contributed by atoms with E-state index in [-0.39, 0.29) is 37.6 Å². The number of nitrogens with two attached hydrogens (primary N) is 1. The van der Waals surface area contributed by atoms with Crippen molar-refractivity contribution >= 4 is 39.8 Å². The van der Waals surface area contributed by atoms with Crippen LogP contribution in [-0.2, 0) is 25.5 Å². The quantitative estimate of drug-likeness (QED) is 0.103. The molecule has 242 valence electrons. The van der Waals surface area contributed by atoms with Gasteiger partial charge in [0.1, 0.15) is 25.2 Å². The Morgan fingerprint density at radius 2 is 1.64 bits per heavy atom. The maximum absolute atomic E-state index is 12.8. The Morgan fingerprint density at radius 1 is 0.851 bits per heavy atom. The van der Waals surface area contributed by atoms with E-state index in [2.05, 4.69) is 45.9 Å². The van der Waals surface area contributed by atoms with Gasteiger partial charge in [-0.05, 0) is 64.2 Å². The standard InChI is InChI=1S/C37H38N4O6/c38-14-18-45-19-20-46-25-36(43)41-31(22-26-5-6-27-3-1-2-4-29(27)21-26)24-47-32-10-7-28(8-11-32)30-9-12-35-34(23-30)33(13-15-39-35)37(44)40-16-17-42/h1-13,15,17,21,23,31H,14,16,18-20,22,24-25,38H2,(H,40,44)(H,41,43). The van der Waals surface area contributed by atoms with Crippen LogP contribution in [0, 0.1) is 0 Å². The van der Waals surface area contributed by atoms with Gasteiger partial charge in [-0.15, -0.1) is 0 Å². The van der Waals surface area contributed by atoms with Crippen molar-refractivity contribution in [3.05, 3.63) is 108 Å². The molecule has 0 spiro atoms. The van der Waals surface area contributed by atoms with Gasteiger partial charge in [0.15, 0.2) is 0 Å². The van der Waals surface area contributed by atoms with Gasteiger partial charge in [-0.3, -0.25) is 14.6 Å². The lowest BCUT2D eigenvalue weighted by Crippen LogP contribution is -2.42. The Balaban J connectivity index is 1.26. The molecular weight excluding hydrogens is 596 g/mol. The first kappa shape index (κ1) is 33.2. The van der Waals surface area contributed by atoms with Crippen molar-refractivity contribution in [2.45, 2.75) is 12.5 Å². The summed E-state index contributed by atoms with van der Waals surface area (Å²) in [6, 6.07) is 29.1. The average Bonchev–Trinajstić information content (AvgIpc) is 3.10. The van der Waals surface area contributed by atoms with Crippen molar-refractivity contribution in [2.75, 3.05) is 46.1 Å². The zero-order valence-corrected chi connectivity index (χ0v) is 26.0. The monoisotopic (exact) mass is 634 g/mol. The van der Waals surface area contributed by atoms with E-state index in [1.165, 1.54) is 0 Å². The molecule has 47 heavy (non-hydrogen) atoms. The fourth-order valence-electron chi connectivity index (χ4n) is 5.23. The number of aldehydes is 1. The molecule has 4 aromatic carbocycles. The molecule has 1 heterocycles. The van der Waals surface area contributed by atoms with Crippen LogP contribution in [0.5, 0.6) is 5.75 Å². The smallest absolute Gasteiger partial charge is 0.252 e. The lowest BCUT2D eigenvalue weighted by atomic mass is 10.0. The zero-order chi connectivity index (χ0) is 32.8. The number of aromatic nitrogens is 1. The van der Waals surface area contributed by atoms with Gasteiger partial charge >= 0.3 is 0 Å². The van der Waals surface area contributed by atoms with Crippen molar-refractivity contribution in [3.63, 3.8) is 0 Å². The van der Waals surface area contributed by atoms with E-state index in [0.29, 0.717) is 61.3 Å². The lowest BCUT2D eigenvalue weighted by molar-refractivity contribution is -0.127. The normalized spacial score (nSPS) is 11.7. The second-order valence-electron chi connectivity index (χ2n) is 10.9. The van der Waals surface area contributed by atoms with E-state index in [1.807, 2.05) is 54.6 Å². The molecule has 0 radical (unpaired) electrons. The third-order valence-corrected chi connectivity index (χ3v) is 7.50. The minimum absolute atomic E-state index is 0.0601. The average molecular weight is 635 g/mol. The van der Waals surface area contributed by atoms with Gasteiger partial charge in [-0.1, -0.05) is 60.7 Å². The van der Waals surface area contributed by atoms with E-state index in [4.69, 9.17) is 19.9 Å². The van der Waals surface area contributed by atoms with Gasteiger partial charge in [0, 0.05) is 18.1 Å². The summed E-state index contributed by atoms with van der Waals surface area (Å²) in [4.78, 5) is 40.5. The highest BCUT2D eigenvalue weighted by Gasteiger charge is 2.16. The molecule has 4 N–H and O–H groups in total. The third kappa shape index (κ3) is 9.43. The molecule has 0 bridgehead atoms. The van der Waals surface area contributed by atoms with Crippen LogP contribution in [0.1, 0.15) is 15.9 Å². The molecule has 0 saturated heterocycles. The minimum Gasteiger partial charge on any atom is -0.491 e. The third-order valence-electron chi connectivity index (χ3n) is 7.50. The number of pyridine rings is 1. The second kappa shape index (κ2) is 17.0. The zero-order valence-electron chi connectivity index (χ0n) is 26.0. The molecule has 1 unspecified atom stereocenters. The second-order valence-corrected chi connectivity index (χ2v) is 10.9. The number of rotatable bonds is 17. The van der Waals surface area contributed by atoms with Crippen molar-refractivity contribution in [2.24, 2.45) is 5.73 Å². The van der Waals surface area contributed by atoms with Crippen LogP contribution in [0.15, 0.2) is 97.2 Å². The summed E-state index contributed by atoms with van der Waals surface area (Å²) >= 11 is 0. The highest BCUT2D eigenvalue weighted by Crippen LogP contribution is 2.27. The van der Waals surface area contributed by atoms with Crippen molar-refractivity contribution in [3.8, 4) is 16.9 Å². The van der Waals surface area contributed by atoms with Crippen LogP contribution < -0.4 is 21.1 Å². The number of hydrogen-bond acceptors (Lipinski definition) is 8. The molecule has 0 aliphatic heterocycles. The number of benzene rings is 4. The lowest BCUT2D eigenvalue weighted by Gasteiger charge is -2.20. The fraction of sp³-hybridized carbons (Fsp3) is 0.243. The van der Waals surface area contributed by atoms with Crippen LogP contribution in [0.3, 0.4) is 0 Å². The van der Waals surface area contributed by atoms with Crippen LogP contribution in [0.25, 0.3) is 32.8 Å². The van der Waals surface area contributed by atoms with E-state index < -0.39 is 0 Å². The van der Waals surface area contributed by atoms with E-state index >= 15 is 0 Å². The summed E-state index contributed by atoms with van der Waals surface area (Å²) in [5, 5.41) is 8.62. The molecule has 2 amide bonds. The number of hydrogen-bond donors (Lipinski definition) is 3. The number of nitrogens with one attached hydrogen (secondary N) is 2. The summed E-state index contributed by atoms with van der Waals surface area (Å²) in [5.74, 6) is 0.0774. The Hall–Kier alpha value is -5.16. The number of carbonyl (C=O) groups is 3. The summed E-state index contributed by atoms with van der Waals surface area (Å²) < 4.78 is 16.9. The molecule has 1 atom stereocenters. The predicted molar refractivity (Wildman–Crippen MR) is 181 cm³/mol. The molecule has 10 heteroatoms. The Bertz CT molecular complexity index is 1810. The first-order chi connectivity index (χ1) is 23.0. The van der Waals surface area contributed by atoms with Crippen LogP contribution in [0.2, 0.25) is 0 Å². The summed E-state index contributed by atoms with van der Waals surface area (Å²) in [6.45, 7) is 1.66. The summed E-state index contributed by atoms with van der Waals surface area (Å²) in [5.41, 5.74) is 9.45. The summed E-state index contributed by atoms with van der Waals surface area (Å²) in [7, 11) is 0. The van der Waals surface area contributed by atoms with Crippen molar-refractivity contribution in [1.82, 2.24) is 15.6 Å². The largest absolute Gasteiger partial charge is 0.491 e. The molecule has 1 aromatic heterocycles. The number of amides is 2. The topological polar surface area (TPSA) is 142 Å². The van der Waals surface area contributed by atoms with E-state index in [0.717, 1.165) is 27.5 Å². The molecular formula is C37H38N4O6. The van der Waals surface area contributed by atoms with Gasteiger partial charge in [0.25, 0.3) is 5.91 Å². The fourth-order valence-corrected chi connectivity index (χ4v) is 5.23. The van der Waals surface area contributed by atoms with E-state index in [1.54, 1.807) is 12.3 Å². The Morgan fingerprint density at radius 3 is 2.45 bits per heavy atom. The minimum atomic E-state index is -0.334. The molecule has 0 fully saturated rings. The first-order valence-electron chi connectivity index (χ1n) is 15.5. The molecule has 0 aliphatic rings. The Labute approximate surface area is 273 Å². The van der Waals surface area contributed by atoms with Crippen LogP contribution in [0.4, 0.5) is 0 Å². The predicted octanol–water partition coefficient (Wildman–Crippen LogP) is 4.08. The highest BCUT2D eigenvalue weighted by molar-refractivity contribution is 6.07. The molecule has 5 aromatic rings. The van der Waals surface area contributed by atoms with E-state index in [9.17, 15) is 14.4 Å². The highest BCUT2D eigenvalue weighted by atomic mass is 16.5. The number of fused-ring (bicyclic) bond motifs is 2.